The van der Waals surface area contributed by atoms with Gasteiger partial charge in [-0.2, -0.15) is 0 Å². The second-order valence-electron chi connectivity index (χ2n) is 3.99. The summed E-state index contributed by atoms with van der Waals surface area (Å²) in [5, 5.41) is 0.882. The van der Waals surface area contributed by atoms with Crippen LogP contribution in [0.2, 0.25) is 5.02 Å². The highest BCUT2D eigenvalue weighted by atomic mass is 35.5. The van der Waals surface area contributed by atoms with Gasteiger partial charge >= 0.3 is 0 Å². The van der Waals surface area contributed by atoms with E-state index in [1.165, 1.54) is 36.8 Å². The average molecular weight is 195 g/mol. The Labute approximate surface area is 84.9 Å². The van der Waals surface area contributed by atoms with Gasteiger partial charge in [0.1, 0.15) is 0 Å². The molecule has 0 heterocycles. The van der Waals surface area contributed by atoms with Crippen LogP contribution in [0.4, 0.5) is 0 Å². The van der Waals surface area contributed by atoms with Crippen molar-refractivity contribution < 1.29 is 0 Å². The van der Waals surface area contributed by atoms with Crippen LogP contribution in [-0.2, 0) is 6.42 Å². The fourth-order valence-corrected chi connectivity index (χ4v) is 2.35. The Bertz CT molecular complexity index is 304. The highest BCUT2D eigenvalue weighted by Crippen LogP contribution is 2.31. The Morgan fingerprint density at radius 2 is 2.15 bits per heavy atom. The van der Waals surface area contributed by atoms with E-state index in [4.69, 9.17) is 11.6 Å². The minimum Gasteiger partial charge on any atom is -0.0843 e. The second-order valence-corrected chi connectivity index (χ2v) is 4.43. The fourth-order valence-electron chi connectivity index (χ4n) is 2.17. The highest BCUT2D eigenvalue weighted by Gasteiger charge is 2.14. The summed E-state index contributed by atoms with van der Waals surface area (Å²) >= 11 is 6.00. The van der Waals surface area contributed by atoms with E-state index in [2.05, 4.69) is 19.1 Å². The predicted octanol–water partition coefficient (Wildman–Crippen LogP) is 4.17. The molecule has 0 spiro atoms. The molecule has 1 aliphatic carbocycles. The molecule has 0 nitrogen and oxygen atoms in total. The van der Waals surface area contributed by atoms with Crippen molar-refractivity contribution >= 4 is 11.6 Å². The molecule has 0 bridgehead atoms. The van der Waals surface area contributed by atoms with Crippen LogP contribution in [0.5, 0.6) is 0 Å². The molecule has 1 aromatic carbocycles. The van der Waals surface area contributed by atoms with Crippen molar-refractivity contribution in [3.8, 4) is 0 Å². The van der Waals surface area contributed by atoms with E-state index in [0.717, 1.165) is 5.02 Å². The molecule has 0 N–H and O–H groups in total. The number of halogens is 1. The summed E-state index contributed by atoms with van der Waals surface area (Å²) in [5.41, 5.74) is 2.99. The lowest BCUT2D eigenvalue weighted by Crippen LogP contribution is -1.95. The van der Waals surface area contributed by atoms with Gasteiger partial charge in [-0.15, -0.1) is 0 Å². The Morgan fingerprint density at radius 3 is 3.00 bits per heavy atom. The molecule has 0 aromatic heterocycles. The summed E-state index contributed by atoms with van der Waals surface area (Å²) in [6.45, 7) is 2.31. The Balaban J connectivity index is 2.43. The van der Waals surface area contributed by atoms with Gasteiger partial charge in [0.05, 0.1) is 0 Å². The molecule has 13 heavy (non-hydrogen) atoms. The van der Waals surface area contributed by atoms with Gasteiger partial charge in [-0.3, -0.25) is 0 Å². The molecule has 1 atom stereocenters. The first kappa shape index (κ1) is 9.08. The van der Waals surface area contributed by atoms with Crippen LogP contribution in [0, 0.1) is 0 Å². The summed E-state index contributed by atoms with van der Waals surface area (Å²) in [7, 11) is 0. The van der Waals surface area contributed by atoms with Gasteiger partial charge in [0, 0.05) is 5.02 Å². The molecule has 1 aromatic rings. The third-order valence-electron chi connectivity index (χ3n) is 2.97. The van der Waals surface area contributed by atoms with E-state index in [1.807, 2.05) is 6.07 Å². The molecule has 2 rings (SSSR count). The minimum absolute atomic E-state index is 0.691. The second kappa shape index (κ2) is 3.71. The van der Waals surface area contributed by atoms with E-state index in [9.17, 15) is 0 Å². The maximum Gasteiger partial charge on any atom is 0.0409 e. The van der Waals surface area contributed by atoms with Crippen LogP contribution in [-0.4, -0.2) is 0 Å². The van der Waals surface area contributed by atoms with Crippen molar-refractivity contribution in [1.82, 2.24) is 0 Å². The lowest BCUT2D eigenvalue weighted by Gasteiger charge is -2.12. The lowest BCUT2D eigenvalue weighted by molar-refractivity contribution is 0.635. The largest absolute Gasteiger partial charge is 0.0843 e. The van der Waals surface area contributed by atoms with Gasteiger partial charge in [0.2, 0.25) is 0 Å². The maximum absolute atomic E-state index is 6.00. The summed E-state index contributed by atoms with van der Waals surface area (Å²) in [6, 6.07) is 6.35. The molecule has 0 radical (unpaired) electrons. The van der Waals surface area contributed by atoms with Crippen LogP contribution >= 0.6 is 11.6 Å². The third-order valence-corrected chi connectivity index (χ3v) is 3.21. The minimum atomic E-state index is 0.691. The van der Waals surface area contributed by atoms with Gasteiger partial charge in [-0.25, -0.2) is 0 Å². The standard InChI is InChI=1S/C12H15Cl/c1-9-4-2-3-5-10-6-7-11(13)8-12(9)10/h6-9H,2-5H2,1H3. The zero-order valence-corrected chi connectivity index (χ0v) is 8.77. The van der Waals surface area contributed by atoms with E-state index in [-0.39, 0.29) is 0 Å². The van der Waals surface area contributed by atoms with Gasteiger partial charge in [0.15, 0.2) is 0 Å². The van der Waals surface area contributed by atoms with Crippen LogP contribution in [0.1, 0.15) is 43.2 Å². The van der Waals surface area contributed by atoms with Gasteiger partial charge in [-0.05, 0) is 48.4 Å². The molecule has 1 unspecified atom stereocenters. The predicted molar refractivity (Wildman–Crippen MR) is 57.4 cm³/mol. The van der Waals surface area contributed by atoms with Crippen LogP contribution in [0.25, 0.3) is 0 Å². The molecule has 1 heteroatoms. The van der Waals surface area contributed by atoms with Crippen molar-refractivity contribution in [3.05, 3.63) is 34.3 Å². The highest BCUT2D eigenvalue weighted by molar-refractivity contribution is 6.30. The monoisotopic (exact) mass is 194 g/mol. The number of rotatable bonds is 0. The van der Waals surface area contributed by atoms with Gasteiger partial charge < -0.3 is 0 Å². The van der Waals surface area contributed by atoms with Crippen molar-refractivity contribution in [3.63, 3.8) is 0 Å². The van der Waals surface area contributed by atoms with E-state index < -0.39 is 0 Å². The van der Waals surface area contributed by atoms with Crippen LogP contribution < -0.4 is 0 Å². The lowest BCUT2D eigenvalue weighted by atomic mass is 9.94. The van der Waals surface area contributed by atoms with Crippen molar-refractivity contribution in [2.24, 2.45) is 0 Å². The molecule has 0 saturated carbocycles. The maximum atomic E-state index is 6.00. The Hall–Kier alpha value is -0.490. The molecule has 1 aliphatic rings. The van der Waals surface area contributed by atoms with Crippen molar-refractivity contribution in [2.45, 2.75) is 38.5 Å². The Kier molecular flexibility index (Phi) is 2.59. The first-order chi connectivity index (χ1) is 6.27. The zero-order chi connectivity index (χ0) is 9.26. The number of hydrogen-bond donors (Lipinski definition) is 0. The van der Waals surface area contributed by atoms with E-state index in [1.54, 1.807) is 0 Å². The summed E-state index contributed by atoms with van der Waals surface area (Å²) in [5.74, 6) is 0.691. The average Bonchev–Trinajstić information content (AvgIpc) is 2.29. The molecule has 0 aliphatic heterocycles. The smallest absolute Gasteiger partial charge is 0.0409 e. The normalized spacial score (nSPS) is 22.2. The van der Waals surface area contributed by atoms with Gasteiger partial charge in [0.25, 0.3) is 0 Å². The van der Waals surface area contributed by atoms with Crippen LogP contribution in [0.3, 0.4) is 0 Å². The SMILES string of the molecule is CC1CCCCc2ccc(Cl)cc21. The molecule has 70 valence electrons. The van der Waals surface area contributed by atoms with E-state index >= 15 is 0 Å². The van der Waals surface area contributed by atoms with E-state index in [0.29, 0.717) is 5.92 Å². The molecule has 0 saturated heterocycles. The first-order valence-corrected chi connectivity index (χ1v) is 5.43. The summed E-state index contributed by atoms with van der Waals surface area (Å²) < 4.78 is 0. The van der Waals surface area contributed by atoms with Crippen molar-refractivity contribution in [2.75, 3.05) is 0 Å². The van der Waals surface area contributed by atoms with Crippen molar-refractivity contribution in [1.29, 1.82) is 0 Å². The summed E-state index contributed by atoms with van der Waals surface area (Å²) in [6.07, 6.45) is 5.23. The first-order valence-electron chi connectivity index (χ1n) is 5.05. The fraction of sp³-hybridized carbons (Fsp3) is 0.500. The number of fused-ring (bicyclic) bond motifs is 1. The Morgan fingerprint density at radius 1 is 1.31 bits per heavy atom. The van der Waals surface area contributed by atoms with Crippen LogP contribution in [0.15, 0.2) is 18.2 Å². The third kappa shape index (κ3) is 1.88. The topological polar surface area (TPSA) is 0 Å². The molecule has 0 fully saturated rings. The molecular weight excluding hydrogens is 180 g/mol. The van der Waals surface area contributed by atoms with Gasteiger partial charge in [-0.1, -0.05) is 31.0 Å². The molecule has 0 amide bonds. The number of benzene rings is 1. The quantitative estimate of drug-likeness (QED) is 0.544. The summed E-state index contributed by atoms with van der Waals surface area (Å²) in [4.78, 5) is 0. The number of hydrogen-bond acceptors (Lipinski definition) is 0. The molecular formula is C12H15Cl. The number of aryl methyl sites for hydroxylation is 1. The zero-order valence-electron chi connectivity index (χ0n) is 8.02.